The molecule has 3 aromatic rings. The minimum Gasteiger partial charge on any atom is -0.372 e. The molecule has 1 heterocycles. The molecule has 2 aliphatic rings. The summed E-state index contributed by atoms with van der Waals surface area (Å²) < 4.78 is 14.9. The predicted octanol–water partition coefficient (Wildman–Crippen LogP) is 7.11. The van der Waals surface area contributed by atoms with E-state index in [2.05, 4.69) is 10.6 Å². The fourth-order valence-corrected chi connectivity index (χ4v) is 5.08. The molecule has 1 aliphatic carbocycles. The number of Topliss-reactive ketones (excluding diaryl/α,β-unsaturated/α-hetero) is 1. The molecule has 1 aliphatic heterocycles. The van der Waals surface area contributed by atoms with Gasteiger partial charge in [-0.2, -0.15) is 0 Å². The number of para-hydroxylation sites is 2. The quantitative estimate of drug-likeness (QED) is 0.435. The van der Waals surface area contributed by atoms with Crippen LogP contribution in [0.3, 0.4) is 0 Å². The van der Waals surface area contributed by atoms with Gasteiger partial charge in [-0.1, -0.05) is 59.6 Å². The summed E-state index contributed by atoms with van der Waals surface area (Å²) in [6.45, 7) is 0. The normalized spacial score (nSPS) is 20.3. The van der Waals surface area contributed by atoms with E-state index in [9.17, 15) is 9.18 Å². The number of hydrogen-bond donors (Lipinski definition) is 2. The molecule has 31 heavy (non-hydrogen) atoms. The standard InChI is InChI=1S/C25H19Cl2FN2O/c26-16-7-2-1-6-15(16)14-12-21-24(22(31)13-14)25(23-17(27)8-5-9-18(23)28)30-20-11-4-3-10-19(20)29-21/h1-11,14,25,29-30H,12-13H2. The van der Waals surface area contributed by atoms with Crippen LogP contribution >= 0.6 is 23.2 Å². The Bertz CT molecular complexity index is 1200. The van der Waals surface area contributed by atoms with Crippen LogP contribution in [0, 0.1) is 5.82 Å². The lowest BCUT2D eigenvalue weighted by atomic mass is 9.78. The van der Waals surface area contributed by atoms with Crippen LogP contribution in [0.1, 0.15) is 35.9 Å². The summed E-state index contributed by atoms with van der Waals surface area (Å²) in [7, 11) is 0. The lowest BCUT2D eigenvalue weighted by molar-refractivity contribution is -0.116. The number of benzene rings is 3. The first-order valence-corrected chi connectivity index (χ1v) is 10.9. The van der Waals surface area contributed by atoms with Crippen molar-refractivity contribution in [3.8, 4) is 0 Å². The van der Waals surface area contributed by atoms with E-state index in [0.717, 1.165) is 22.6 Å². The van der Waals surface area contributed by atoms with Crippen molar-refractivity contribution in [1.29, 1.82) is 0 Å². The van der Waals surface area contributed by atoms with Gasteiger partial charge in [0, 0.05) is 33.3 Å². The minimum atomic E-state index is -0.695. The fourth-order valence-electron chi connectivity index (χ4n) is 4.52. The predicted molar refractivity (Wildman–Crippen MR) is 123 cm³/mol. The third kappa shape index (κ3) is 3.60. The number of carbonyl (C=O) groups excluding carboxylic acids is 1. The van der Waals surface area contributed by atoms with Gasteiger partial charge in [-0.25, -0.2) is 4.39 Å². The molecule has 0 saturated carbocycles. The highest BCUT2D eigenvalue weighted by Gasteiger charge is 2.38. The zero-order valence-electron chi connectivity index (χ0n) is 16.5. The van der Waals surface area contributed by atoms with E-state index in [0.29, 0.717) is 23.4 Å². The van der Waals surface area contributed by atoms with E-state index in [-0.39, 0.29) is 22.3 Å². The summed E-state index contributed by atoms with van der Waals surface area (Å²) in [5, 5.41) is 7.72. The highest BCUT2D eigenvalue weighted by Crippen LogP contribution is 2.46. The lowest BCUT2D eigenvalue weighted by Crippen LogP contribution is -2.27. The summed E-state index contributed by atoms with van der Waals surface area (Å²) in [6, 6.07) is 19.1. The summed E-state index contributed by atoms with van der Waals surface area (Å²) in [6.07, 6.45) is 0.883. The van der Waals surface area contributed by atoms with Crippen molar-refractivity contribution >= 4 is 40.4 Å². The summed E-state index contributed by atoms with van der Waals surface area (Å²) in [4.78, 5) is 13.5. The summed E-state index contributed by atoms with van der Waals surface area (Å²) >= 11 is 12.8. The Labute approximate surface area is 189 Å². The van der Waals surface area contributed by atoms with E-state index >= 15 is 0 Å². The number of anilines is 2. The Morgan fingerprint density at radius 3 is 2.32 bits per heavy atom. The highest BCUT2D eigenvalue weighted by molar-refractivity contribution is 6.32. The molecule has 3 aromatic carbocycles. The van der Waals surface area contributed by atoms with E-state index < -0.39 is 11.9 Å². The molecule has 2 N–H and O–H groups in total. The van der Waals surface area contributed by atoms with Crippen molar-refractivity contribution in [2.45, 2.75) is 24.8 Å². The summed E-state index contributed by atoms with van der Waals surface area (Å²) in [5.41, 5.74) is 4.12. The van der Waals surface area contributed by atoms with Gasteiger partial charge in [0.2, 0.25) is 0 Å². The van der Waals surface area contributed by atoms with Gasteiger partial charge in [0.05, 0.1) is 17.4 Å². The van der Waals surface area contributed by atoms with E-state index in [1.165, 1.54) is 6.07 Å². The second-order valence-electron chi connectivity index (χ2n) is 7.83. The van der Waals surface area contributed by atoms with Crippen LogP contribution in [-0.2, 0) is 4.79 Å². The largest absolute Gasteiger partial charge is 0.372 e. The number of carbonyl (C=O) groups is 1. The number of fused-ring (bicyclic) bond motifs is 1. The molecule has 0 amide bonds. The maximum atomic E-state index is 14.9. The van der Waals surface area contributed by atoms with Crippen LogP contribution in [0.4, 0.5) is 15.8 Å². The van der Waals surface area contributed by atoms with Gasteiger partial charge in [-0.05, 0) is 48.2 Å². The molecule has 0 aromatic heterocycles. The van der Waals surface area contributed by atoms with Crippen molar-refractivity contribution < 1.29 is 9.18 Å². The van der Waals surface area contributed by atoms with Crippen molar-refractivity contribution in [1.82, 2.24) is 0 Å². The molecular formula is C25H19Cl2FN2O. The molecule has 156 valence electrons. The van der Waals surface area contributed by atoms with Gasteiger partial charge < -0.3 is 10.6 Å². The zero-order valence-corrected chi connectivity index (χ0v) is 18.0. The second kappa shape index (κ2) is 8.03. The fraction of sp³-hybridized carbons (Fsp3) is 0.160. The summed E-state index contributed by atoms with van der Waals surface area (Å²) in [5.74, 6) is -0.560. The first kappa shape index (κ1) is 20.1. The molecule has 3 nitrogen and oxygen atoms in total. The maximum absolute atomic E-state index is 14.9. The number of hydrogen-bond acceptors (Lipinski definition) is 3. The Balaban J connectivity index is 1.67. The van der Waals surface area contributed by atoms with Gasteiger partial charge in [0.25, 0.3) is 0 Å². The third-order valence-corrected chi connectivity index (χ3v) is 6.62. The highest BCUT2D eigenvalue weighted by atomic mass is 35.5. The Kier molecular flexibility index (Phi) is 5.20. The molecule has 0 bridgehead atoms. The molecule has 6 heteroatoms. The molecule has 0 saturated heterocycles. The van der Waals surface area contributed by atoms with Crippen molar-refractivity contribution in [2.75, 3.05) is 10.6 Å². The number of allylic oxidation sites excluding steroid dienone is 1. The third-order valence-electron chi connectivity index (χ3n) is 5.94. The van der Waals surface area contributed by atoms with Crippen LogP contribution in [-0.4, -0.2) is 5.78 Å². The van der Waals surface area contributed by atoms with E-state index in [1.807, 2.05) is 48.5 Å². The van der Waals surface area contributed by atoms with Crippen LogP contribution in [0.2, 0.25) is 10.0 Å². The SMILES string of the molecule is O=C1CC(c2ccccc2Cl)CC2=C1C(c1c(F)cccc1Cl)Nc1ccccc1N2. The Morgan fingerprint density at radius 2 is 1.55 bits per heavy atom. The average molecular weight is 453 g/mol. The molecule has 2 unspecified atom stereocenters. The van der Waals surface area contributed by atoms with Gasteiger partial charge in [-0.3, -0.25) is 4.79 Å². The van der Waals surface area contributed by atoms with Gasteiger partial charge in [-0.15, -0.1) is 0 Å². The van der Waals surface area contributed by atoms with E-state index in [1.54, 1.807) is 12.1 Å². The van der Waals surface area contributed by atoms with E-state index in [4.69, 9.17) is 23.2 Å². The molecule has 0 spiro atoms. The lowest BCUT2D eigenvalue weighted by Gasteiger charge is -2.30. The van der Waals surface area contributed by atoms with Crippen LogP contribution in [0.5, 0.6) is 0 Å². The molecule has 0 fully saturated rings. The minimum absolute atomic E-state index is 0.0525. The first-order valence-electron chi connectivity index (χ1n) is 10.1. The second-order valence-corrected chi connectivity index (χ2v) is 8.64. The van der Waals surface area contributed by atoms with Crippen molar-refractivity contribution in [3.63, 3.8) is 0 Å². The smallest absolute Gasteiger partial charge is 0.163 e. The maximum Gasteiger partial charge on any atom is 0.163 e. The number of halogens is 3. The average Bonchev–Trinajstić information content (AvgIpc) is 2.91. The monoisotopic (exact) mass is 452 g/mol. The Morgan fingerprint density at radius 1 is 0.839 bits per heavy atom. The number of ketones is 1. The topological polar surface area (TPSA) is 41.1 Å². The Hall–Kier alpha value is -2.82. The van der Waals surface area contributed by atoms with Crippen LogP contribution in [0.25, 0.3) is 0 Å². The number of rotatable bonds is 2. The van der Waals surface area contributed by atoms with Crippen molar-refractivity contribution in [3.05, 3.63) is 105 Å². The van der Waals surface area contributed by atoms with Gasteiger partial charge in [0.15, 0.2) is 5.78 Å². The van der Waals surface area contributed by atoms with Gasteiger partial charge in [0.1, 0.15) is 5.82 Å². The molecular weight excluding hydrogens is 434 g/mol. The first-order chi connectivity index (χ1) is 15.0. The molecule has 0 radical (unpaired) electrons. The molecule has 5 rings (SSSR count). The van der Waals surface area contributed by atoms with Crippen LogP contribution in [0.15, 0.2) is 78.0 Å². The van der Waals surface area contributed by atoms with Crippen LogP contribution < -0.4 is 10.6 Å². The molecule has 2 atom stereocenters. The van der Waals surface area contributed by atoms with Crippen molar-refractivity contribution in [2.24, 2.45) is 0 Å². The van der Waals surface area contributed by atoms with Gasteiger partial charge >= 0.3 is 0 Å². The number of nitrogens with one attached hydrogen (secondary N) is 2. The zero-order chi connectivity index (χ0) is 21.5.